The lowest BCUT2D eigenvalue weighted by Gasteiger charge is -2.05. The average Bonchev–Trinajstić information content (AvgIpc) is 2.71. The van der Waals surface area contributed by atoms with Crippen LogP contribution in [0.3, 0.4) is 0 Å². The fourth-order valence-electron chi connectivity index (χ4n) is 1.37. The topological polar surface area (TPSA) is 54.9 Å². The summed E-state index contributed by atoms with van der Waals surface area (Å²) < 4.78 is 11.8. The summed E-state index contributed by atoms with van der Waals surface area (Å²) in [6, 6.07) is 0. The number of hydrogen-bond donors (Lipinski definition) is 1. The zero-order valence-electron chi connectivity index (χ0n) is 7.14. The Balaban J connectivity index is 2.13. The largest absolute Gasteiger partial charge is 0.315 e. The molecule has 0 saturated carbocycles. The van der Waals surface area contributed by atoms with Crippen LogP contribution in [-0.2, 0) is 10.8 Å². The van der Waals surface area contributed by atoms with Crippen LogP contribution in [0.4, 0.5) is 0 Å². The molecular weight excluding hydrogens is 186 g/mol. The predicted octanol–water partition coefficient (Wildman–Crippen LogP) is -0.0539. The van der Waals surface area contributed by atoms with Crippen LogP contribution in [0, 0.1) is 0 Å². The van der Waals surface area contributed by atoms with Crippen molar-refractivity contribution < 1.29 is 4.21 Å². The second kappa shape index (κ2) is 3.93. The number of nitrogens with one attached hydrogen (secondary N) is 1. The molecule has 0 amide bonds. The lowest BCUT2D eigenvalue weighted by molar-refractivity contribution is 0.668. The van der Waals surface area contributed by atoms with Crippen molar-refractivity contribution in [3.05, 3.63) is 18.6 Å². The van der Waals surface area contributed by atoms with Gasteiger partial charge in [-0.3, -0.25) is 9.19 Å². The van der Waals surface area contributed by atoms with E-state index in [1.165, 1.54) is 0 Å². The predicted molar refractivity (Wildman–Crippen MR) is 49.7 cm³/mol. The van der Waals surface area contributed by atoms with Crippen LogP contribution in [0.15, 0.2) is 23.6 Å². The van der Waals surface area contributed by atoms with Crippen molar-refractivity contribution in [2.75, 3.05) is 13.1 Å². The molecule has 0 radical (unpaired) electrons. The Kier molecular flexibility index (Phi) is 2.65. The molecule has 0 spiro atoms. The van der Waals surface area contributed by atoms with E-state index in [4.69, 9.17) is 0 Å². The van der Waals surface area contributed by atoms with Crippen molar-refractivity contribution in [1.29, 1.82) is 0 Å². The van der Waals surface area contributed by atoms with E-state index in [9.17, 15) is 4.21 Å². The van der Waals surface area contributed by atoms with Crippen LogP contribution in [-0.4, -0.2) is 32.5 Å². The lowest BCUT2D eigenvalue weighted by atomic mass is 10.4. The second-order valence-corrected chi connectivity index (χ2v) is 4.64. The van der Waals surface area contributed by atoms with Gasteiger partial charge in [-0.1, -0.05) is 0 Å². The maximum Gasteiger partial charge on any atom is 0.145 e. The van der Waals surface area contributed by atoms with Gasteiger partial charge >= 0.3 is 0 Å². The molecule has 4 nitrogen and oxygen atoms in total. The quantitative estimate of drug-likeness (QED) is 0.722. The highest BCUT2D eigenvalue weighted by Crippen LogP contribution is 2.12. The highest BCUT2D eigenvalue weighted by Gasteiger charge is 2.22. The van der Waals surface area contributed by atoms with Crippen molar-refractivity contribution in [3.8, 4) is 0 Å². The minimum absolute atomic E-state index is 0.205. The first-order chi connectivity index (χ1) is 6.38. The summed E-state index contributed by atoms with van der Waals surface area (Å²) in [7, 11) is -0.995. The third-order valence-electron chi connectivity index (χ3n) is 2.06. The van der Waals surface area contributed by atoms with E-state index in [1.54, 1.807) is 18.6 Å². The summed E-state index contributed by atoms with van der Waals surface area (Å²) >= 11 is 0. The number of rotatable bonds is 2. The number of aromatic nitrogens is 2. The summed E-state index contributed by atoms with van der Waals surface area (Å²) in [4.78, 5) is 7.93. The molecule has 1 aromatic rings. The average molecular weight is 197 g/mol. The Labute approximate surface area is 79.2 Å². The van der Waals surface area contributed by atoms with Gasteiger partial charge < -0.3 is 5.32 Å². The fourth-order valence-corrected chi connectivity index (χ4v) is 2.64. The summed E-state index contributed by atoms with van der Waals surface area (Å²) in [5.41, 5.74) is 0. The van der Waals surface area contributed by atoms with Crippen LogP contribution in [0.25, 0.3) is 0 Å². The molecule has 1 saturated heterocycles. The van der Waals surface area contributed by atoms with Gasteiger partial charge in [-0.05, 0) is 13.0 Å². The van der Waals surface area contributed by atoms with Crippen LogP contribution in [0.2, 0.25) is 0 Å². The number of nitrogens with zero attached hydrogens (tertiary/aromatic N) is 2. The summed E-state index contributed by atoms with van der Waals surface area (Å²) in [6.45, 7) is 1.78. The minimum atomic E-state index is -0.995. The monoisotopic (exact) mass is 197 g/mol. The van der Waals surface area contributed by atoms with Crippen molar-refractivity contribution in [1.82, 2.24) is 15.3 Å². The van der Waals surface area contributed by atoms with Gasteiger partial charge in [-0.25, -0.2) is 4.98 Å². The van der Waals surface area contributed by atoms with E-state index in [0.29, 0.717) is 5.03 Å². The Hall–Kier alpha value is -0.810. The molecule has 2 rings (SSSR count). The standard InChI is InChI=1S/C8H11N3OS/c12-13(7-1-2-9-5-7)8-6-10-3-4-11-8/h3-4,6-7,9H,1-2,5H2/t7-,13+/m0/s1. The second-order valence-electron chi connectivity index (χ2n) is 2.96. The molecule has 0 aromatic carbocycles. The summed E-state index contributed by atoms with van der Waals surface area (Å²) in [5, 5.41) is 3.98. The Bertz CT molecular complexity index is 298. The maximum absolute atomic E-state index is 11.8. The highest BCUT2D eigenvalue weighted by atomic mass is 32.2. The third kappa shape index (κ3) is 1.92. The molecule has 5 heteroatoms. The van der Waals surface area contributed by atoms with Gasteiger partial charge in [0.15, 0.2) is 0 Å². The van der Waals surface area contributed by atoms with Crippen LogP contribution in [0.1, 0.15) is 6.42 Å². The molecule has 2 heterocycles. The van der Waals surface area contributed by atoms with Gasteiger partial charge in [0.2, 0.25) is 0 Å². The highest BCUT2D eigenvalue weighted by molar-refractivity contribution is 7.85. The molecule has 1 aliphatic rings. The van der Waals surface area contributed by atoms with Crippen LogP contribution >= 0.6 is 0 Å². The van der Waals surface area contributed by atoms with Gasteiger partial charge in [-0.15, -0.1) is 0 Å². The molecule has 1 fully saturated rings. The SMILES string of the molecule is O=[S@@](c1cnccn1)[C@H]1CCNC1. The first-order valence-electron chi connectivity index (χ1n) is 4.25. The van der Waals surface area contributed by atoms with E-state index in [0.717, 1.165) is 19.5 Å². The van der Waals surface area contributed by atoms with Gasteiger partial charge in [0.1, 0.15) is 5.03 Å². The zero-order valence-corrected chi connectivity index (χ0v) is 7.96. The molecule has 1 aromatic heterocycles. The number of hydrogen-bond acceptors (Lipinski definition) is 4. The summed E-state index contributed by atoms with van der Waals surface area (Å²) in [6.07, 6.45) is 5.71. The maximum atomic E-state index is 11.8. The van der Waals surface area contributed by atoms with Gasteiger partial charge in [0.05, 0.1) is 22.2 Å². The lowest BCUT2D eigenvalue weighted by Crippen LogP contribution is -2.19. The molecular formula is C8H11N3OS. The fraction of sp³-hybridized carbons (Fsp3) is 0.500. The first-order valence-corrected chi connectivity index (χ1v) is 5.46. The van der Waals surface area contributed by atoms with E-state index < -0.39 is 10.8 Å². The first kappa shape index (κ1) is 8.77. The Morgan fingerprint density at radius 2 is 2.46 bits per heavy atom. The molecule has 13 heavy (non-hydrogen) atoms. The normalized spacial score (nSPS) is 24.5. The Morgan fingerprint density at radius 3 is 3.08 bits per heavy atom. The van der Waals surface area contributed by atoms with Crippen molar-refractivity contribution in [3.63, 3.8) is 0 Å². The van der Waals surface area contributed by atoms with E-state index in [2.05, 4.69) is 15.3 Å². The summed E-state index contributed by atoms with van der Waals surface area (Å²) in [5.74, 6) is 0. The Morgan fingerprint density at radius 1 is 1.54 bits per heavy atom. The molecule has 0 bridgehead atoms. The molecule has 1 aliphatic heterocycles. The molecule has 0 unspecified atom stereocenters. The van der Waals surface area contributed by atoms with Crippen molar-refractivity contribution in [2.24, 2.45) is 0 Å². The van der Waals surface area contributed by atoms with E-state index in [1.807, 2.05) is 0 Å². The molecule has 2 atom stereocenters. The van der Waals surface area contributed by atoms with Gasteiger partial charge in [0.25, 0.3) is 0 Å². The molecule has 0 aliphatic carbocycles. The van der Waals surface area contributed by atoms with Gasteiger partial charge in [-0.2, -0.15) is 0 Å². The van der Waals surface area contributed by atoms with Crippen molar-refractivity contribution >= 4 is 10.8 Å². The molecule has 1 N–H and O–H groups in total. The van der Waals surface area contributed by atoms with Gasteiger partial charge in [0, 0.05) is 18.9 Å². The van der Waals surface area contributed by atoms with Crippen LogP contribution in [0.5, 0.6) is 0 Å². The minimum Gasteiger partial charge on any atom is -0.315 e. The third-order valence-corrected chi connectivity index (χ3v) is 3.69. The van der Waals surface area contributed by atoms with Crippen LogP contribution < -0.4 is 5.32 Å². The molecule has 70 valence electrons. The van der Waals surface area contributed by atoms with E-state index in [-0.39, 0.29) is 5.25 Å². The van der Waals surface area contributed by atoms with E-state index >= 15 is 0 Å². The zero-order chi connectivity index (χ0) is 9.10. The smallest absolute Gasteiger partial charge is 0.145 e. The van der Waals surface area contributed by atoms with Crippen molar-refractivity contribution in [2.45, 2.75) is 16.7 Å².